The molecular formula is C15H9NO3. The summed E-state index contributed by atoms with van der Waals surface area (Å²) in [7, 11) is 0. The number of anilines is 1. The third-order valence-electron chi connectivity index (χ3n) is 3.77. The number of hydrogen-bond acceptors (Lipinski definition) is 3. The lowest BCUT2D eigenvalue weighted by Gasteiger charge is -2.25. The Balaban J connectivity index is 2.08. The SMILES string of the molecule is O=C1c2ccccc2C2(O)C(=O)c3ccccc3N12. The van der Waals surface area contributed by atoms with E-state index in [1.807, 2.05) is 0 Å². The van der Waals surface area contributed by atoms with E-state index in [0.717, 1.165) is 0 Å². The molecule has 0 fully saturated rings. The molecule has 1 atom stereocenters. The van der Waals surface area contributed by atoms with E-state index >= 15 is 0 Å². The molecule has 0 radical (unpaired) electrons. The number of aliphatic hydroxyl groups is 1. The van der Waals surface area contributed by atoms with Gasteiger partial charge in [0.25, 0.3) is 5.91 Å². The van der Waals surface area contributed by atoms with Crippen LogP contribution in [-0.2, 0) is 5.72 Å². The Bertz CT molecular complexity index is 753. The molecule has 92 valence electrons. The number of amides is 1. The first-order valence-electron chi connectivity index (χ1n) is 5.96. The number of fused-ring (bicyclic) bond motifs is 5. The Hall–Kier alpha value is -2.46. The molecule has 2 aromatic carbocycles. The first kappa shape index (κ1) is 10.5. The number of ketones is 1. The quantitative estimate of drug-likeness (QED) is 0.775. The molecule has 4 nitrogen and oxygen atoms in total. The van der Waals surface area contributed by atoms with Crippen molar-refractivity contribution in [2.45, 2.75) is 5.72 Å². The zero-order valence-corrected chi connectivity index (χ0v) is 9.83. The molecule has 2 heterocycles. The highest BCUT2D eigenvalue weighted by Gasteiger charge is 2.59. The second kappa shape index (κ2) is 3.10. The molecule has 0 bridgehead atoms. The number of carbonyl (C=O) groups is 2. The maximum absolute atomic E-state index is 12.5. The van der Waals surface area contributed by atoms with Gasteiger partial charge in [-0.15, -0.1) is 0 Å². The molecule has 2 aliphatic heterocycles. The van der Waals surface area contributed by atoms with Crippen molar-refractivity contribution in [1.29, 1.82) is 0 Å². The minimum Gasteiger partial charge on any atom is -0.360 e. The molecule has 2 aliphatic rings. The van der Waals surface area contributed by atoms with Gasteiger partial charge in [-0.3, -0.25) is 14.5 Å². The van der Waals surface area contributed by atoms with Crippen molar-refractivity contribution in [1.82, 2.24) is 0 Å². The van der Waals surface area contributed by atoms with Gasteiger partial charge in [0.2, 0.25) is 11.5 Å². The van der Waals surface area contributed by atoms with Gasteiger partial charge >= 0.3 is 0 Å². The normalized spacial score (nSPS) is 23.3. The van der Waals surface area contributed by atoms with Crippen molar-refractivity contribution in [3.63, 3.8) is 0 Å². The van der Waals surface area contributed by atoms with Crippen LogP contribution in [0.3, 0.4) is 0 Å². The van der Waals surface area contributed by atoms with E-state index in [1.165, 1.54) is 4.90 Å². The average molecular weight is 251 g/mol. The first-order chi connectivity index (χ1) is 9.15. The van der Waals surface area contributed by atoms with Gasteiger partial charge in [-0.25, -0.2) is 0 Å². The Morgan fingerprint density at radius 2 is 1.53 bits per heavy atom. The van der Waals surface area contributed by atoms with Gasteiger partial charge in [0, 0.05) is 16.7 Å². The fourth-order valence-electron chi connectivity index (χ4n) is 2.92. The minimum absolute atomic E-state index is 0.337. The Labute approximate surface area is 108 Å². The van der Waals surface area contributed by atoms with Crippen molar-refractivity contribution >= 4 is 17.4 Å². The maximum atomic E-state index is 12.5. The fourth-order valence-corrected chi connectivity index (χ4v) is 2.92. The molecule has 19 heavy (non-hydrogen) atoms. The molecule has 0 saturated carbocycles. The first-order valence-corrected chi connectivity index (χ1v) is 5.96. The molecule has 2 aromatic rings. The van der Waals surface area contributed by atoms with Gasteiger partial charge < -0.3 is 5.11 Å². The summed E-state index contributed by atoms with van der Waals surface area (Å²) in [5.41, 5.74) is -0.282. The topological polar surface area (TPSA) is 57.6 Å². The summed E-state index contributed by atoms with van der Waals surface area (Å²) in [5.74, 6) is -0.780. The summed E-state index contributed by atoms with van der Waals surface area (Å²) in [5, 5.41) is 10.8. The van der Waals surface area contributed by atoms with E-state index in [-0.39, 0.29) is 5.91 Å². The Morgan fingerprint density at radius 3 is 2.32 bits per heavy atom. The summed E-state index contributed by atoms with van der Waals surface area (Å²) in [6, 6.07) is 13.5. The van der Waals surface area contributed by atoms with Crippen LogP contribution in [0.2, 0.25) is 0 Å². The Morgan fingerprint density at radius 1 is 0.895 bits per heavy atom. The second-order valence-corrected chi connectivity index (χ2v) is 4.70. The molecular weight excluding hydrogens is 242 g/mol. The van der Waals surface area contributed by atoms with Crippen LogP contribution < -0.4 is 4.90 Å². The molecule has 0 spiro atoms. The average Bonchev–Trinajstić information content (AvgIpc) is 2.82. The lowest BCUT2D eigenvalue weighted by Crippen LogP contribution is -2.44. The molecule has 1 amide bonds. The molecule has 1 N–H and O–H groups in total. The fraction of sp³-hybridized carbons (Fsp3) is 0.0667. The molecule has 0 saturated heterocycles. The number of carbonyl (C=O) groups excluding carboxylic acids is 2. The van der Waals surface area contributed by atoms with Crippen molar-refractivity contribution in [2.24, 2.45) is 0 Å². The van der Waals surface area contributed by atoms with E-state index < -0.39 is 11.5 Å². The monoisotopic (exact) mass is 251 g/mol. The molecule has 4 rings (SSSR count). The van der Waals surface area contributed by atoms with E-state index in [9.17, 15) is 14.7 Å². The van der Waals surface area contributed by atoms with Crippen LogP contribution in [0.4, 0.5) is 5.69 Å². The highest BCUT2D eigenvalue weighted by atomic mass is 16.3. The van der Waals surface area contributed by atoms with Crippen LogP contribution in [0.5, 0.6) is 0 Å². The van der Waals surface area contributed by atoms with Gasteiger partial charge in [-0.2, -0.15) is 0 Å². The third kappa shape index (κ3) is 0.994. The number of benzene rings is 2. The van der Waals surface area contributed by atoms with Crippen LogP contribution in [0.15, 0.2) is 48.5 Å². The van der Waals surface area contributed by atoms with Crippen molar-refractivity contribution in [3.05, 3.63) is 65.2 Å². The predicted octanol–water partition coefficient (Wildman–Crippen LogP) is 1.69. The summed E-state index contributed by atoms with van der Waals surface area (Å²) >= 11 is 0. The summed E-state index contributed by atoms with van der Waals surface area (Å²) in [6.07, 6.45) is 0. The van der Waals surface area contributed by atoms with Crippen LogP contribution in [-0.4, -0.2) is 16.8 Å². The van der Waals surface area contributed by atoms with Crippen molar-refractivity contribution in [2.75, 3.05) is 4.90 Å². The van der Waals surface area contributed by atoms with E-state index in [2.05, 4.69) is 0 Å². The summed E-state index contributed by atoms with van der Waals surface area (Å²) < 4.78 is 0. The van der Waals surface area contributed by atoms with Crippen LogP contribution in [0, 0.1) is 0 Å². The van der Waals surface area contributed by atoms with Gasteiger partial charge in [-0.1, -0.05) is 30.3 Å². The number of Topliss-reactive ketones (excluding diaryl/α,β-unsaturated/α-hetero) is 1. The lowest BCUT2D eigenvalue weighted by atomic mass is 9.96. The lowest BCUT2D eigenvalue weighted by molar-refractivity contribution is 0.0360. The van der Waals surface area contributed by atoms with Crippen LogP contribution >= 0.6 is 0 Å². The van der Waals surface area contributed by atoms with E-state index in [1.54, 1.807) is 48.5 Å². The second-order valence-electron chi connectivity index (χ2n) is 4.70. The zero-order valence-electron chi connectivity index (χ0n) is 9.83. The molecule has 0 aromatic heterocycles. The zero-order chi connectivity index (χ0) is 13.2. The van der Waals surface area contributed by atoms with Crippen molar-refractivity contribution in [3.8, 4) is 0 Å². The predicted molar refractivity (Wildman–Crippen MR) is 67.9 cm³/mol. The minimum atomic E-state index is -1.88. The van der Waals surface area contributed by atoms with Crippen LogP contribution in [0.1, 0.15) is 26.3 Å². The number of rotatable bonds is 0. The highest BCUT2D eigenvalue weighted by Crippen LogP contribution is 2.49. The van der Waals surface area contributed by atoms with Gasteiger partial charge in [-0.05, 0) is 18.2 Å². The van der Waals surface area contributed by atoms with E-state index in [4.69, 9.17) is 0 Å². The maximum Gasteiger partial charge on any atom is 0.261 e. The molecule has 4 heteroatoms. The highest BCUT2D eigenvalue weighted by molar-refractivity contribution is 6.26. The molecule has 0 aliphatic carbocycles. The third-order valence-corrected chi connectivity index (χ3v) is 3.77. The smallest absolute Gasteiger partial charge is 0.261 e. The summed E-state index contributed by atoms with van der Waals surface area (Å²) in [4.78, 5) is 26.1. The van der Waals surface area contributed by atoms with Crippen molar-refractivity contribution < 1.29 is 14.7 Å². The van der Waals surface area contributed by atoms with E-state index in [0.29, 0.717) is 22.4 Å². The van der Waals surface area contributed by atoms with Gasteiger partial charge in [0.15, 0.2) is 0 Å². The summed E-state index contributed by atoms with van der Waals surface area (Å²) in [6.45, 7) is 0. The van der Waals surface area contributed by atoms with Gasteiger partial charge in [0.05, 0.1) is 5.69 Å². The van der Waals surface area contributed by atoms with Crippen LogP contribution in [0.25, 0.3) is 0 Å². The van der Waals surface area contributed by atoms with Gasteiger partial charge in [0.1, 0.15) is 0 Å². The standard InChI is InChI=1S/C15H9NO3/c17-13-10-6-2-4-8-12(10)16-14(18)9-5-1-3-7-11(9)15(13,16)19/h1-8,19H. The number of hydrogen-bond donors (Lipinski definition) is 1. The number of nitrogens with zero attached hydrogens (tertiary/aromatic N) is 1. The Kier molecular flexibility index (Phi) is 1.71. The largest absolute Gasteiger partial charge is 0.360 e. The number of para-hydroxylation sites is 1. The molecule has 1 unspecified atom stereocenters.